The summed E-state index contributed by atoms with van der Waals surface area (Å²) < 4.78 is 1.13. The predicted octanol–water partition coefficient (Wildman–Crippen LogP) is 5.00. The van der Waals surface area contributed by atoms with E-state index in [1.54, 1.807) is 0 Å². The highest BCUT2D eigenvalue weighted by atomic mass is 79.9. The van der Waals surface area contributed by atoms with Crippen molar-refractivity contribution in [3.8, 4) is 0 Å². The molecule has 2 heteroatoms. The van der Waals surface area contributed by atoms with Crippen LogP contribution in [0.5, 0.6) is 0 Å². The van der Waals surface area contributed by atoms with Crippen LogP contribution < -0.4 is 5.32 Å². The Morgan fingerprint density at radius 1 is 1.00 bits per heavy atom. The van der Waals surface area contributed by atoms with Crippen molar-refractivity contribution in [3.05, 3.63) is 69.7 Å². The zero-order valence-corrected chi connectivity index (χ0v) is 13.1. The Kier molecular flexibility index (Phi) is 5.17. The van der Waals surface area contributed by atoms with E-state index in [-0.39, 0.29) is 0 Å². The van der Waals surface area contributed by atoms with E-state index in [4.69, 9.17) is 0 Å². The molecule has 0 saturated heterocycles. The van der Waals surface area contributed by atoms with E-state index in [1.165, 1.54) is 16.7 Å². The Balaban J connectivity index is 1.99. The molecule has 0 radical (unpaired) electrons. The lowest BCUT2D eigenvalue weighted by molar-refractivity contribution is 0.519. The first-order valence-electron chi connectivity index (χ1n) is 6.73. The Labute approximate surface area is 124 Å². The minimum Gasteiger partial charge on any atom is -0.306 e. The summed E-state index contributed by atoms with van der Waals surface area (Å²) in [5, 5.41) is 3.63. The van der Waals surface area contributed by atoms with Gasteiger partial charge in [-0.15, -0.1) is 0 Å². The summed E-state index contributed by atoms with van der Waals surface area (Å²) in [4.78, 5) is 0. The third-order valence-corrected chi connectivity index (χ3v) is 3.88. The highest BCUT2D eigenvalue weighted by molar-refractivity contribution is 9.10. The zero-order valence-electron chi connectivity index (χ0n) is 11.5. The van der Waals surface area contributed by atoms with Gasteiger partial charge in [-0.25, -0.2) is 0 Å². The van der Waals surface area contributed by atoms with Crippen LogP contribution in [0.4, 0.5) is 0 Å². The van der Waals surface area contributed by atoms with Crippen LogP contribution >= 0.6 is 15.9 Å². The quantitative estimate of drug-likeness (QED) is 0.818. The number of benzene rings is 2. The number of aryl methyl sites for hydroxylation is 1. The highest BCUT2D eigenvalue weighted by Gasteiger charge is 2.08. The van der Waals surface area contributed by atoms with E-state index in [1.807, 2.05) is 0 Å². The van der Waals surface area contributed by atoms with Gasteiger partial charge in [0, 0.05) is 17.1 Å². The summed E-state index contributed by atoms with van der Waals surface area (Å²) >= 11 is 3.48. The van der Waals surface area contributed by atoms with Crippen molar-refractivity contribution < 1.29 is 0 Å². The van der Waals surface area contributed by atoms with Crippen molar-refractivity contribution >= 4 is 15.9 Å². The first kappa shape index (κ1) is 14.3. The van der Waals surface area contributed by atoms with Crippen molar-refractivity contribution in [2.75, 3.05) is 0 Å². The summed E-state index contributed by atoms with van der Waals surface area (Å²) in [5.74, 6) is 0. The number of nitrogens with one attached hydrogen (secondary N) is 1. The monoisotopic (exact) mass is 317 g/mol. The summed E-state index contributed by atoms with van der Waals surface area (Å²) in [6.07, 6.45) is 1.09. The fourth-order valence-electron chi connectivity index (χ4n) is 2.14. The van der Waals surface area contributed by atoms with Gasteiger partial charge in [-0.3, -0.25) is 0 Å². The summed E-state index contributed by atoms with van der Waals surface area (Å²) in [7, 11) is 0. The predicted molar refractivity (Wildman–Crippen MR) is 85.2 cm³/mol. The summed E-state index contributed by atoms with van der Waals surface area (Å²) in [6.45, 7) is 5.25. The van der Waals surface area contributed by atoms with Gasteiger partial charge in [-0.2, -0.15) is 0 Å². The molecule has 1 nitrogen and oxygen atoms in total. The van der Waals surface area contributed by atoms with E-state index in [2.05, 4.69) is 83.6 Å². The van der Waals surface area contributed by atoms with E-state index >= 15 is 0 Å². The molecule has 1 N–H and O–H groups in total. The van der Waals surface area contributed by atoms with Gasteiger partial charge in [0.05, 0.1) is 0 Å². The van der Waals surface area contributed by atoms with Gasteiger partial charge >= 0.3 is 0 Å². The fraction of sp³-hybridized carbons (Fsp3) is 0.294. The van der Waals surface area contributed by atoms with E-state index < -0.39 is 0 Å². The number of halogens is 1. The van der Waals surface area contributed by atoms with E-state index in [0.717, 1.165) is 17.4 Å². The third kappa shape index (κ3) is 4.19. The lowest BCUT2D eigenvalue weighted by Gasteiger charge is -2.17. The van der Waals surface area contributed by atoms with Gasteiger partial charge in [-0.05, 0) is 36.6 Å². The Morgan fingerprint density at radius 2 is 1.63 bits per heavy atom. The third-order valence-electron chi connectivity index (χ3n) is 3.35. The van der Waals surface area contributed by atoms with Crippen molar-refractivity contribution in [2.45, 2.75) is 32.9 Å². The Bertz CT molecular complexity index is 502. The standard InChI is InChI=1S/C17H20BrN/c1-3-17(15-8-10-16(18)11-9-15)19-12-14-6-4-13(2)5-7-14/h4-11,17,19H,3,12H2,1-2H3. The van der Waals surface area contributed by atoms with Crippen molar-refractivity contribution in [1.82, 2.24) is 5.32 Å². The van der Waals surface area contributed by atoms with Gasteiger partial charge in [0.25, 0.3) is 0 Å². The molecule has 0 heterocycles. The molecule has 2 aromatic carbocycles. The molecule has 2 aromatic rings. The van der Waals surface area contributed by atoms with Crippen LogP contribution in [0.2, 0.25) is 0 Å². The second-order valence-corrected chi connectivity index (χ2v) is 5.79. The van der Waals surface area contributed by atoms with Crippen LogP contribution in [0.15, 0.2) is 53.0 Å². The Morgan fingerprint density at radius 3 is 2.21 bits per heavy atom. The zero-order chi connectivity index (χ0) is 13.7. The largest absolute Gasteiger partial charge is 0.306 e. The molecule has 0 fully saturated rings. The molecule has 1 unspecified atom stereocenters. The van der Waals surface area contributed by atoms with Crippen molar-refractivity contribution in [2.24, 2.45) is 0 Å². The minimum atomic E-state index is 0.411. The molecule has 0 bridgehead atoms. The first-order valence-corrected chi connectivity index (χ1v) is 7.52. The number of hydrogen-bond donors (Lipinski definition) is 1. The summed E-state index contributed by atoms with van der Waals surface area (Å²) in [6, 6.07) is 17.7. The average Bonchev–Trinajstić information content (AvgIpc) is 2.43. The lowest BCUT2D eigenvalue weighted by Crippen LogP contribution is -2.20. The molecule has 0 saturated carbocycles. The van der Waals surface area contributed by atoms with Gasteiger partial charge < -0.3 is 5.32 Å². The van der Waals surface area contributed by atoms with E-state index in [0.29, 0.717) is 6.04 Å². The van der Waals surface area contributed by atoms with Crippen LogP contribution in [0, 0.1) is 6.92 Å². The smallest absolute Gasteiger partial charge is 0.0320 e. The molecular formula is C17H20BrN. The molecule has 19 heavy (non-hydrogen) atoms. The second-order valence-electron chi connectivity index (χ2n) is 4.88. The van der Waals surface area contributed by atoms with Gasteiger partial charge in [0.1, 0.15) is 0 Å². The molecule has 100 valence electrons. The SMILES string of the molecule is CCC(NCc1ccc(C)cc1)c1ccc(Br)cc1. The summed E-state index contributed by atoms with van der Waals surface area (Å²) in [5.41, 5.74) is 3.99. The molecular weight excluding hydrogens is 298 g/mol. The number of hydrogen-bond acceptors (Lipinski definition) is 1. The van der Waals surface area contributed by atoms with Crippen molar-refractivity contribution in [3.63, 3.8) is 0 Å². The van der Waals surface area contributed by atoms with E-state index in [9.17, 15) is 0 Å². The highest BCUT2D eigenvalue weighted by Crippen LogP contribution is 2.20. The fourth-order valence-corrected chi connectivity index (χ4v) is 2.40. The van der Waals surface area contributed by atoms with Gasteiger partial charge in [-0.1, -0.05) is 64.8 Å². The number of rotatable bonds is 5. The maximum atomic E-state index is 3.63. The molecule has 0 amide bonds. The maximum absolute atomic E-state index is 3.63. The average molecular weight is 318 g/mol. The van der Waals surface area contributed by atoms with Crippen LogP contribution in [0.1, 0.15) is 36.1 Å². The molecule has 1 atom stereocenters. The van der Waals surface area contributed by atoms with Crippen molar-refractivity contribution in [1.29, 1.82) is 0 Å². The first-order chi connectivity index (χ1) is 9.19. The molecule has 0 aliphatic carbocycles. The minimum absolute atomic E-state index is 0.411. The normalized spacial score (nSPS) is 12.4. The lowest BCUT2D eigenvalue weighted by atomic mass is 10.0. The van der Waals surface area contributed by atoms with Crippen LogP contribution in [0.25, 0.3) is 0 Å². The molecule has 0 aliphatic heterocycles. The second kappa shape index (κ2) is 6.88. The molecule has 2 rings (SSSR count). The van der Waals surface area contributed by atoms with Crippen LogP contribution in [-0.4, -0.2) is 0 Å². The topological polar surface area (TPSA) is 12.0 Å². The Hall–Kier alpha value is -1.12. The maximum Gasteiger partial charge on any atom is 0.0320 e. The van der Waals surface area contributed by atoms with Crippen LogP contribution in [-0.2, 0) is 6.54 Å². The van der Waals surface area contributed by atoms with Gasteiger partial charge in [0.2, 0.25) is 0 Å². The molecule has 0 aliphatic rings. The van der Waals surface area contributed by atoms with Gasteiger partial charge in [0.15, 0.2) is 0 Å². The van der Waals surface area contributed by atoms with Crippen LogP contribution in [0.3, 0.4) is 0 Å². The molecule has 0 aromatic heterocycles. The molecule has 0 spiro atoms.